The van der Waals surface area contributed by atoms with Crippen molar-refractivity contribution in [3.8, 4) is 0 Å². The average Bonchev–Trinajstić information content (AvgIpc) is 2.61. The first-order valence-electron chi connectivity index (χ1n) is 8.03. The van der Waals surface area contributed by atoms with Gasteiger partial charge in [0.1, 0.15) is 12.1 Å². The molecule has 0 heterocycles. The molecule has 0 aliphatic rings. The molecule has 0 saturated carbocycles. The van der Waals surface area contributed by atoms with Gasteiger partial charge in [0, 0.05) is 18.4 Å². The highest BCUT2D eigenvalue weighted by molar-refractivity contribution is 5.96. The highest BCUT2D eigenvalue weighted by atomic mass is 16.4. The quantitative estimate of drug-likeness (QED) is 0.359. The maximum absolute atomic E-state index is 12.0. The van der Waals surface area contributed by atoms with Crippen LogP contribution in [0.3, 0.4) is 0 Å². The van der Waals surface area contributed by atoms with E-state index in [0.717, 1.165) is 0 Å². The number of carboxylic acid groups (broad SMARTS) is 3. The fourth-order valence-corrected chi connectivity index (χ4v) is 2.16. The van der Waals surface area contributed by atoms with Crippen molar-refractivity contribution < 1.29 is 39.3 Å². The Morgan fingerprint density at radius 3 is 1.81 bits per heavy atom. The minimum absolute atomic E-state index is 0.257. The maximum atomic E-state index is 12.0. The predicted octanol–water partition coefficient (Wildman–Crippen LogP) is 0.0840. The third-order valence-corrected chi connectivity index (χ3v) is 3.58. The van der Waals surface area contributed by atoms with E-state index in [1.54, 1.807) is 18.2 Å². The lowest BCUT2D eigenvalue weighted by Crippen LogP contribution is -2.44. The number of carboxylic acids is 3. The van der Waals surface area contributed by atoms with E-state index in [2.05, 4.69) is 10.6 Å². The molecule has 27 heavy (non-hydrogen) atoms. The average molecular weight is 380 g/mol. The number of benzene rings is 1. The van der Waals surface area contributed by atoms with E-state index < -0.39 is 48.2 Å². The fourth-order valence-electron chi connectivity index (χ4n) is 2.16. The summed E-state index contributed by atoms with van der Waals surface area (Å²) in [5.41, 5.74) is 0.257. The van der Waals surface area contributed by atoms with E-state index in [4.69, 9.17) is 10.2 Å². The van der Waals surface area contributed by atoms with Gasteiger partial charge in [-0.15, -0.1) is 0 Å². The van der Waals surface area contributed by atoms with Crippen molar-refractivity contribution >= 4 is 29.7 Å². The first kappa shape index (κ1) is 21.6. The Hall–Kier alpha value is -3.43. The van der Waals surface area contributed by atoms with Crippen LogP contribution in [-0.2, 0) is 19.2 Å². The lowest BCUT2D eigenvalue weighted by Gasteiger charge is -2.16. The van der Waals surface area contributed by atoms with Crippen molar-refractivity contribution in [2.24, 2.45) is 0 Å². The third-order valence-electron chi connectivity index (χ3n) is 3.58. The normalized spacial score (nSPS) is 12.4. The summed E-state index contributed by atoms with van der Waals surface area (Å²) < 4.78 is 0. The number of carbonyl (C=O) groups is 5. The van der Waals surface area contributed by atoms with Gasteiger partial charge in [0.05, 0.1) is 0 Å². The highest BCUT2D eigenvalue weighted by Gasteiger charge is 2.24. The minimum atomic E-state index is -1.39. The van der Waals surface area contributed by atoms with Crippen LogP contribution in [-0.4, -0.2) is 57.1 Å². The number of rotatable bonds is 11. The van der Waals surface area contributed by atoms with Crippen molar-refractivity contribution in [3.63, 3.8) is 0 Å². The lowest BCUT2D eigenvalue weighted by atomic mass is 10.1. The monoisotopic (exact) mass is 380 g/mol. The first-order chi connectivity index (χ1) is 12.7. The molecular weight excluding hydrogens is 360 g/mol. The molecule has 0 spiro atoms. The molecule has 2 atom stereocenters. The summed E-state index contributed by atoms with van der Waals surface area (Å²) in [7, 11) is 0. The minimum Gasteiger partial charge on any atom is -0.481 e. The van der Waals surface area contributed by atoms with Gasteiger partial charge in [-0.2, -0.15) is 0 Å². The third kappa shape index (κ3) is 7.99. The lowest BCUT2D eigenvalue weighted by molar-refractivity contribution is -0.143. The van der Waals surface area contributed by atoms with Crippen LogP contribution in [0.5, 0.6) is 0 Å². The summed E-state index contributed by atoms with van der Waals surface area (Å²) in [6.45, 7) is 0. The van der Waals surface area contributed by atoms with Crippen LogP contribution in [0.2, 0.25) is 0 Å². The number of carbonyl (C=O) groups excluding carboxylic acids is 2. The van der Waals surface area contributed by atoms with E-state index >= 15 is 0 Å². The summed E-state index contributed by atoms with van der Waals surface area (Å²) in [5, 5.41) is 31.2. The molecule has 146 valence electrons. The molecule has 0 aliphatic carbocycles. The number of amides is 2. The Bertz CT molecular complexity index is 704. The number of aliphatic carboxylic acids is 3. The Morgan fingerprint density at radius 2 is 1.30 bits per heavy atom. The van der Waals surface area contributed by atoms with Gasteiger partial charge in [-0.3, -0.25) is 14.4 Å². The number of hydrogen-bond donors (Lipinski definition) is 5. The molecule has 1 rings (SSSR count). The van der Waals surface area contributed by atoms with Gasteiger partial charge in [0.2, 0.25) is 5.91 Å². The molecule has 0 unspecified atom stereocenters. The molecule has 0 aliphatic heterocycles. The molecule has 2 amide bonds. The van der Waals surface area contributed by atoms with Crippen molar-refractivity contribution in [2.75, 3.05) is 0 Å². The zero-order valence-electron chi connectivity index (χ0n) is 14.3. The number of hydrogen-bond acceptors (Lipinski definition) is 5. The summed E-state index contributed by atoms with van der Waals surface area (Å²) in [6.07, 6.45) is -1.36. The van der Waals surface area contributed by atoms with Crippen LogP contribution in [0.15, 0.2) is 30.3 Å². The van der Waals surface area contributed by atoms with E-state index in [-0.39, 0.29) is 24.8 Å². The predicted molar refractivity (Wildman–Crippen MR) is 91.0 cm³/mol. The summed E-state index contributed by atoms with van der Waals surface area (Å²) in [6, 6.07) is 5.19. The second kappa shape index (κ2) is 10.5. The molecule has 0 aromatic heterocycles. The van der Waals surface area contributed by atoms with Gasteiger partial charge >= 0.3 is 17.9 Å². The standard InChI is InChI=1S/C17H20N2O8/c20-13(18-11(16(24)25)7-9-14(21)22)8-6-12(17(26)27)19-15(23)10-4-2-1-3-5-10/h1-5,11-12H,6-9H2,(H,18,20)(H,19,23)(H,21,22)(H,24,25)(H,26,27)/t11-,12+/m1/s1. The molecule has 1 aromatic rings. The molecule has 5 N–H and O–H groups in total. The van der Waals surface area contributed by atoms with E-state index in [1.165, 1.54) is 12.1 Å². The zero-order chi connectivity index (χ0) is 20.4. The Labute approximate surface area is 154 Å². The van der Waals surface area contributed by atoms with Crippen LogP contribution in [0, 0.1) is 0 Å². The second-order valence-electron chi connectivity index (χ2n) is 5.66. The number of nitrogens with one attached hydrogen (secondary N) is 2. The molecule has 0 bridgehead atoms. The van der Waals surface area contributed by atoms with Gasteiger partial charge in [0.15, 0.2) is 0 Å². The fraction of sp³-hybridized carbons (Fsp3) is 0.353. The molecule has 0 fully saturated rings. The van der Waals surface area contributed by atoms with Crippen molar-refractivity contribution in [1.82, 2.24) is 10.6 Å². The highest BCUT2D eigenvalue weighted by Crippen LogP contribution is 2.05. The Balaban J connectivity index is 2.58. The van der Waals surface area contributed by atoms with Crippen molar-refractivity contribution in [1.29, 1.82) is 0 Å². The SMILES string of the molecule is O=C(O)CC[C@@H](NC(=O)CC[C@H](NC(=O)c1ccccc1)C(=O)O)C(=O)O. The maximum Gasteiger partial charge on any atom is 0.326 e. The Morgan fingerprint density at radius 1 is 0.778 bits per heavy atom. The molecule has 10 nitrogen and oxygen atoms in total. The molecule has 10 heteroatoms. The van der Waals surface area contributed by atoms with Gasteiger partial charge in [-0.25, -0.2) is 9.59 Å². The smallest absolute Gasteiger partial charge is 0.326 e. The van der Waals surface area contributed by atoms with Crippen molar-refractivity contribution in [2.45, 2.75) is 37.8 Å². The van der Waals surface area contributed by atoms with Crippen molar-refractivity contribution in [3.05, 3.63) is 35.9 Å². The summed E-state index contributed by atoms with van der Waals surface area (Å²) in [5.74, 6) is -5.31. The molecule has 0 radical (unpaired) electrons. The summed E-state index contributed by atoms with van der Waals surface area (Å²) >= 11 is 0. The molecule has 1 aromatic carbocycles. The van der Waals surface area contributed by atoms with E-state index in [1.807, 2.05) is 0 Å². The van der Waals surface area contributed by atoms with Crippen LogP contribution in [0.1, 0.15) is 36.0 Å². The van der Waals surface area contributed by atoms with E-state index in [9.17, 15) is 29.1 Å². The largest absolute Gasteiger partial charge is 0.481 e. The van der Waals surface area contributed by atoms with E-state index in [0.29, 0.717) is 0 Å². The molecular formula is C17H20N2O8. The van der Waals surface area contributed by atoms with Crippen LogP contribution >= 0.6 is 0 Å². The second-order valence-corrected chi connectivity index (χ2v) is 5.66. The van der Waals surface area contributed by atoms with Gasteiger partial charge in [-0.1, -0.05) is 18.2 Å². The zero-order valence-corrected chi connectivity index (χ0v) is 14.3. The van der Waals surface area contributed by atoms with Crippen LogP contribution in [0.4, 0.5) is 0 Å². The molecule has 0 saturated heterocycles. The van der Waals surface area contributed by atoms with Crippen LogP contribution < -0.4 is 10.6 Å². The van der Waals surface area contributed by atoms with Gasteiger partial charge in [0.25, 0.3) is 5.91 Å². The first-order valence-corrected chi connectivity index (χ1v) is 8.03. The van der Waals surface area contributed by atoms with Crippen LogP contribution in [0.25, 0.3) is 0 Å². The topological polar surface area (TPSA) is 170 Å². The van der Waals surface area contributed by atoms with Gasteiger partial charge in [-0.05, 0) is 25.0 Å². The summed E-state index contributed by atoms with van der Waals surface area (Å²) in [4.78, 5) is 56.7. The van der Waals surface area contributed by atoms with Gasteiger partial charge < -0.3 is 26.0 Å². The Kier molecular flexibility index (Phi) is 8.43.